The summed E-state index contributed by atoms with van der Waals surface area (Å²) in [5, 5.41) is 0. The molecule has 0 aliphatic rings. The lowest BCUT2D eigenvalue weighted by molar-refractivity contribution is 0.217. The third kappa shape index (κ3) is 3.77. The molecule has 0 amide bonds. The van der Waals surface area contributed by atoms with Gasteiger partial charge < -0.3 is 9.47 Å². The molecule has 0 fully saturated rings. The zero-order chi connectivity index (χ0) is 14.5. The Morgan fingerprint density at radius 3 is 1.35 bits per heavy atom. The fourth-order valence-corrected chi connectivity index (χ4v) is 1.93. The summed E-state index contributed by atoms with van der Waals surface area (Å²) in [6, 6.07) is 12.3. The number of aryl methyl sites for hydroxylation is 4. The van der Waals surface area contributed by atoms with Gasteiger partial charge in [0.15, 0.2) is 0 Å². The van der Waals surface area contributed by atoms with Gasteiger partial charge in [0.1, 0.15) is 24.7 Å². The number of rotatable bonds is 5. The lowest BCUT2D eigenvalue weighted by atomic mass is 10.1. The Morgan fingerprint density at radius 1 is 0.600 bits per heavy atom. The molecular weight excluding hydrogens is 248 g/mol. The minimum absolute atomic E-state index is 0.551. The van der Waals surface area contributed by atoms with Crippen molar-refractivity contribution >= 4 is 0 Å². The Labute approximate surface area is 121 Å². The van der Waals surface area contributed by atoms with Crippen molar-refractivity contribution in [1.29, 1.82) is 0 Å². The van der Waals surface area contributed by atoms with Gasteiger partial charge in [-0.1, -0.05) is 12.1 Å². The topological polar surface area (TPSA) is 18.5 Å². The van der Waals surface area contributed by atoms with Gasteiger partial charge >= 0.3 is 0 Å². The van der Waals surface area contributed by atoms with E-state index in [0.717, 1.165) is 11.5 Å². The van der Waals surface area contributed by atoms with E-state index in [1.807, 2.05) is 12.1 Å². The minimum Gasteiger partial charge on any atom is -0.490 e. The number of ether oxygens (including phenoxy) is 2. The normalized spacial score (nSPS) is 10.4. The summed E-state index contributed by atoms with van der Waals surface area (Å²) in [6.45, 7) is 9.48. The Kier molecular flexibility index (Phi) is 4.67. The molecule has 0 atom stereocenters. The van der Waals surface area contributed by atoms with E-state index in [1.165, 1.54) is 22.3 Å². The van der Waals surface area contributed by atoms with Gasteiger partial charge in [0, 0.05) is 0 Å². The minimum atomic E-state index is 0.551. The summed E-state index contributed by atoms with van der Waals surface area (Å²) in [7, 11) is 0. The van der Waals surface area contributed by atoms with Crippen molar-refractivity contribution in [2.75, 3.05) is 13.2 Å². The van der Waals surface area contributed by atoms with Crippen LogP contribution in [0.15, 0.2) is 36.4 Å². The number of hydrogen-bond acceptors (Lipinski definition) is 2. The molecule has 0 aliphatic heterocycles. The van der Waals surface area contributed by atoms with Crippen molar-refractivity contribution in [1.82, 2.24) is 0 Å². The quantitative estimate of drug-likeness (QED) is 0.751. The average Bonchev–Trinajstić information content (AvgIpc) is 2.42. The van der Waals surface area contributed by atoms with Gasteiger partial charge in [-0.2, -0.15) is 0 Å². The van der Waals surface area contributed by atoms with Crippen LogP contribution >= 0.6 is 0 Å². The molecule has 0 aromatic heterocycles. The molecule has 0 aliphatic carbocycles. The van der Waals surface area contributed by atoms with Crippen LogP contribution in [0.5, 0.6) is 11.5 Å². The third-order valence-electron chi connectivity index (χ3n) is 3.58. The van der Waals surface area contributed by atoms with Gasteiger partial charge in [-0.3, -0.25) is 0 Å². The van der Waals surface area contributed by atoms with E-state index in [2.05, 4.69) is 52.0 Å². The van der Waals surface area contributed by atoms with Gasteiger partial charge in [0.2, 0.25) is 0 Å². The second-order valence-electron chi connectivity index (χ2n) is 5.19. The van der Waals surface area contributed by atoms with E-state index in [4.69, 9.17) is 9.47 Å². The largest absolute Gasteiger partial charge is 0.490 e. The molecule has 0 unspecified atom stereocenters. The van der Waals surface area contributed by atoms with Crippen LogP contribution in [0.1, 0.15) is 22.3 Å². The molecule has 0 N–H and O–H groups in total. The molecule has 0 spiro atoms. The zero-order valence-corrected chi connectivity index (χ0v) is 12.7. The van der Waals surface area contributed by atoms with E-state index in [-0.39, 0.29) is 0 Å². The molecule has 20 heavy (non-hydrogen) atoms. The summed E-state index contributed by atoms with van der Waals surface area (Å²) < 4.78 is 11.4. The van der Waals surface area contributed by atoms with Crippen molar-refractivity contribution in [3.8, 4) is 11.5 Å². The monoisotopic (exact) mass is 270 g/mol. The Balaban J connectivity index is 1.81. The van der Waals surface area contributed by atoms with E-state index >= 15 is 0 Å². The summed E-state index contributed by atoms with van der Waals surface area (Å²) in [5.74, 6) is 1.80. The molecule has 0 radical (unpaired) electrons. The zero-order valence-electron chi connectivity index (χ0n) is 12.7. The highest BCUT2D eigenvalue weighted by molar-refractivity contribution is 5.34. The van der Waals surface area contributed by atoms with Crippen molar-refractivity contribution < 1.29 is 9.47 Å². The molecule has 0 saturated carbocycles. The van der Waals surface area contributed by atoms with E-state index in [1.54, 1.807) is 0 Å². The molecule has 0 saturated heterocycles. The van der Waals surface area contributed by atoms with Gasteiger partial charge in [-0.25, -0.2) is 0 Å². The standard InChI is InChI=1S/C18H22O2/c1-13-5-7-17(11-15(13)3)19-9-10-20-18-8-6-14(2)16(4)12-18/h5-8,11-12H,9-10H2,1-4H3. The van der Waals surface area contributed by atoms with Crippen LogP contribution < -0.4 is 9.47 Å². The maximum Gasteiger partial charge on any atom is 0.122 e. The smallest absolute Gasteiger partial charge is 0.122 e. The summed E-state index contributed by atoms with van der Waals surface area (Å²) in [5.41, 5.74) is 5.06. The first-order chi connectivity index (χ1) is 9.56. The van der Waals surface area contributed by atoms with Crippen LogP contribution in [0, 0.1) is 27.7 Å². The van der Waals surface area contributed by atoms with E-state index < -0.39 is 0 Å². The lowest BCUT2D eigenvalue weighted by Gasteiger charge is -2.10. The summed E-state index contributed by atoms with van der Waals surface area (Å²) >= 11 is 0. The number of benzene rings is 2. The molecule has 106 valence electrons. The third-order valence-corrected chi connectivity index (χ3v) is 3.58. The average molecular weight is 270 g/mol. The highest BCUT2D eigenvalue weighted by atomic mass is 16.5. The lowest BCUT2D eigenvalue weighted by Crippen LogP contribution is -2.09. The summed E-state index contributed by atoms with van der Waals surface area (Å²) in [4.78, 5) is 0. The van der Waals surface area contributed by atoms with Crippen molar-refractivity contribution in [3.63, 3.8) is 0 Å². The first-order valence-corrected chi connectivity index (χ1v) is 6.96. The van der Waals surface area contributed by atoms with Crippen molar-refractivity contribution in [3.05, 3.63) is 58.7 Å². The second-order valence-corrected chi connectivity index (χ2v) is 5.19. The fourth-order valence-electron chi connectivity index (χ4n) is 1.93. The maximum absolute atomic E-state index is 5.69. The van der Waals surface area contributed by atoms with E-state index in [9.17, 15) is 0 Å². The Hall–Kier alpha value is -1.96. The Bertz CT molecular complexity index is 534. The van der Waals surface area contributed by atoms with E-state index in [0.29, 0.717) is 13.2 Å². The molecular formula is C18H22O2. The van der Waals surface area contributed by atoms with Crippen molar-refractivity contribution in [2.24, 2.45) is 0 Å². The van der Waals surface area contributed by atoms with Crippen LogP contribution in [0.4, 0.5) is 0 Å². The van der Waals surface area contributed by atoms with Gasteiger partial charge in [-0.15, -0.1) is 0 Å². The van der Waals surface area contributed by atoms with Crippen LogP contribution in [-0.2, 0) is 0 Å². The molecule has 2 aromatic carbocycles. The predicted molar refractivity (Wildman–Crippen MR) is 82.8 cm³/mol. The van der Waals surface area contributed by atoms with Crippen molar-refractivity contribution in [2.45, 2.75) is 27.7 Å². The highest BCUT2D eigenvalue weighted by Gasteiger charge is 1.99. The van der Waals surface area contributed by atoms with Gasteiger partial charge in [0.25, 0.3) is 0 Å². The molecule has 2 nitrogen and oxygen atoms in total. The first-order valence-electron chi connectivity index (χ1n) is 6.96. The second kappa shape index (κ2) is 6.47. The van der Waals surface area contributed by atoms with Crippen LogP contribution in [0.3, 0.4) is 0 Å². The Morgan fingerprint density at radius 2 is 1.00 bits per heavy atom. The molecule has 0 bridgehead atoms. The maximum atomic E-state index is 5.69. The fraction of sp³-hybridized carbons (Fsp3) is 0.333. The first kappa shape index (κ1) is 14.4. The van der Waals surface area contributed by atoms with Gasteiger partial charge in [0.05, 0.1) is 0 Å². The molecule has 2 rings (SSSR count). The SMILES string of the molecule is Cc1ccc(OCCOc2ccc(C)c(C)c2)cc1C. The van der Waals surface area contributed by atoms with Gasteiger partial charge in [-0.05, 0) is 74.2 Å². The van der Waals surface area contributed by atoms with Crippen LogP contribution in [0.2, 0.25) is 0 Å². The number of hydrogen-bond donors (Lipinski definition) is 0. The highest BCUT2D eigenvalue weighted by Crippen LogP contribution is 2.18. The summed E-state index contributed by atoms with van der Waals surface area (Å²) in [6.07, 6.45) is 0. The molecule has 2 heteroatoms. The predicted octanol–water partition coefficient (Wildman–Crippen LogP) is 4.38. The molecule has 2 aromatic rings. The van der Waals surface area contributed by atoms with Crippen LogP contribution in [0.25, 0.3) is 0 Å². The molecule has 0 heterocycles. The van der Waals surface area contributed by atoms with Crippen LogP contribution in [-0.4, -0.2) is 13.2 Å².